The molecule has 1 amide bonds. The van der Waals surface area contributed by atoms with Crippen molar-refractivity contribution in [1.29, 1.82) is 0 Å². The summed E-state index contributed by atoms with van der Waals surface area (Å²) in [6.45, 7) is 0.484. The summed E-state index contributed by atoms with van der Waals surface area (Å²) in [6.07, 6.45) is 1.87. The van der Waals surface area contributed by atoms with Gasteiger partial charge in [-0.2, -0.15) is 0 Å². The molecule has 0 aliphatic heterocycles. The fourth-order valence-corrected chi connectivity index (χ4v) is 3.53. The maximum absolute atomic E-state index is 12.9. The zero-order valence-electron chi connectivity index (χ0n) is 16.1. The normalized spacial score (nSPS) is 11.1. The van der Waals surface area contributed by atoms with Crippen molar-refractivity contribution < 1.29 is 13.6 Å². The number of fused-ring (bicyclic) bond motifs is 1. The van der Waals surface area contributed by atoms with E-state index in [1.54, 1.807) is 12.1 Å². The van der Waals surface area contributed by atoms with Crippen molar-refractivity contribution in [2.45, 2.75) is 24.5 Å². The number of carbonyl (C=O) groups is 1. The van der Waals surface area contributed by atoms with E-state index in [2.05, 4.69) is 25.5 Å². The Kier molecular flexibility index (Phi) is 6.38. The summed E-state index contributed by atoms with van der Waals surface area (Å²) in [7, 11) is 0. The highest BCUT2D eigenvalue weighted by Gasteiger charge is 2.11. The van der Waals surface area contributed by atoms with Gasteiger partial charge in [0.2, 0.25) is 11.8 Å². The number of carbonyl (C=O) groups excluding carboxylic acids is 1. The third-order valence-electron chi connectivity index (χ3n) is 4.44. The number of nitrogens with zero attached hydrogens (tertiary/aromatic N) is 3. The van der Waals surface area contributed by atoms with Crippen molar-refractivity contribution in [3.05, 3.63) is 71.6 Å². The molecule has 4 aromatic rings. The molecule has 0 spiro atoms. The number of aromatic amines is 1. The van der Waals surface area contributed by atoms with Gasteiger partial charge in [-0.15, -0.1) is 10.2 Å². The van der Waals surface area contributed by atoms with E-state index >= 15 is 0 Å². The van der Waals surface area contributed by atoms with E-state index in [9.17, 15) is 9.18 Å². The Hall–Kier alpha value is -3.20. The SMILES string of the molecule is O=C(CSc1nnc(CCc2nc3ccccc3[nH]2)o1)NCCc1ccc(F)cc1. The first-order chi connectivity index (χ1) is 14.7. The van der Waals surface area contributed by atoms with Crippen LogP contribution < -0.4 is 5.32 Å². The topological polar surface area (TPSA) is 96.7 Å². The summed E-state index contributed by atoms with van der Waals surface area (Å²) in [6, 6.07) is 14.1. The Morgan fingerprint density at radius 2 is 1.90 bits per heavy atom. The predicted molar refractivity (Wildman–Crippen MR) is 112 cm³/mol. The molecule has 2 aromatic heterocycles. The fraction of sp³-hybridized carbons (Fsp3) is 0.238. The van der Waals surface area contributed by atoms with Crippen LogP contribution in [0.5, 0.6) is 0 Å². The lowest BCUT2D eigenvalue weighted by Crippen LogP contribution is -2.27. The summed E-state index contributed by atoms with van der Waals surface area (Å²) in [5.74, 6) is 1.17. The molecule has 2 aromatic carbocycles. The van der Waals surface area contributed by atoms with Crippen LogP contribution in [0, 0.1) is 5.82 Å². The van der Waals surface area contributed by atoms with Crippen molar-refractivity contribution in [3.8, 4) is 0 Å². The number of H-pyrrole nitrogens is 1. The first kappa shape index (κ1) is 20.1. The minimum Gasteiger partial charge on any atom is -0.416 e. The molecule has 2 heterocycles. The number of aromatic nitrogens is 4. The summed E-state index contributed by atoms with van der Waals surface area (Å²) >= 11 is 1.20. The summed E-state index contributed by atoms with van der Waals surface area (Å²) in [5, 5.41) is 11.2. The van der Waals surface area contributed by atoms with Crippen LogP contribution in [0.25, 0.3) is 11.0 Å². The third-order valence-corrected chi connectivity index (χ3v) is 5.26. The van der Waals surface area contributed by atoms with Gasteiger partial charge in [0.25, 0.3) is 5.22 Å². The maximum Gasteiger partial charge on any atom is 0.277 e. The maximum atomic E-state index is 12.9. The lowest BCUT2D eigenvalue weighted by molar-refractivity contribution is -0.118. The average molecular weight is 425 g/mol. The van der Waals surface area contributed by atoms with Gasteiger partial charge in [-0.25, -0.2) is 9.37 Å². The number of hydrogen-bond donors (Lipinski definition) is 2. The number of aryl methyl sites for hydroxylation is 2. The zero-order chi connectivity index (χ0) is 20.8. The standard InChI is InChI=1S/C21H20FN5O2S/c22-15-7-5-14(6-8-15)11-12-23-19(28)13-30-21-27-26-20(29-21)10-9-18-24-16-3-1-2-4-17(16)25-18/h1-8H,9-13H2,(H,23,28)(H,24,25). The molecule has 0 aliphatic carbocycles. The molecule has 154 valence electrons. The molecule has 9 heteroatoms. The van der Waals surface area contributed by atoms with E-state index in [1.165, 1.54) is 23.9 Å². The van der Waals surface area contributed by atoms with Crippen LogP contribution in [0.4, 0.5) is 4.39 Å². The Bertz CT molecular complexity index is 1090. The predicted octanol–water partition coefficient (Wildman–Crippen LogP) is 3.32. The minimum atomic E-state index is -0.268. The highest BCUT2D eigenvalue weighted by atomic mass is 32.2. The molecule has 7 nitrogen and oxygen atoms in total. The third kappa shape index (κ3) is 5.44. The first-order valence-corrected chi connectivity index (χ1v) is 10.5. The van der Waals surface area contributed by atoms with Crippen LogP contribution in [0.3, 0.4) is 0 Å². The lowest BCUT2D eigenvalue weighted by atomic mass is 10.1. The van der Waals surface area contributed by atoms with Gasteiger partial charge >= 0.3 is 0 Å². The fourth-order valence-electron chi connectivity index (χ4n) is 2.92. The molecule has 0 unspecified atom stereocenters. The molecule has 0 atom stereocenters. The molecule has 0 aliphatic rings. The van der Waals surface area contributed by atoms with Gasteiger partial charge in [0.15, 0.2) is 0 Å². The number of hydrogen-bond acceptors (Lipinski definition) is 6. The van der Waals surface area contributed by atoms with E-state index in [4.69, 9.17) is 4.42 Å². The highest BCUT2D eigenvalue weighted by molar-refractivity contribution is 7.99. The number of nitrogens with one attached hydrogen (secondary N) is 2. The van der Waals surface area contributed by atoms with E-state index in [0.717, 1.165) is 22.4 Å². The second-order valence-electron chi connectivity index (χ2n) is 6.68. The van der Waals surface area contributed by atoms with Gasteiger partial charge in [-0.1, -0.05) is 36.0 Å². The molecule has 0 saturated carbocycles. The van der Waals surface area contributed by atoms with Gasteiger partial charge in [0, 0.05) is 19.4 Å². The number of thioether (sulfide) groups is 1. The number of rotatable bonds is 9. The van der Waals surface area contributed by atoms with Crippen LogP contribution in [-0.2, 0) is 24.1 Å². The average Bonchev–Trinajstić information content (AvgIpc) is 3.38. The molecule has 0 fully saturated rings. The van der Waals surface area contributed by atoms with Gasteiger partial charge in [-0.3, -0.25) is 4.79 Å². The van der Waals surface area contributed by atoms with Crippen LogP contribution in [-0.4, -0.2) is 38.4 Å². The molecule has 0 radical (unpaired) electrons. The van der Waals surface area contributed by atoms with Crippen molar-refractivity contribution >= 4 is 28.7 Å². The Labute approximate surface area is 176 Å². The summed E-state index contributed by atoms with van der Waals surface area (Å²) in [4.78, 5) is 19.8. The lowest BCUT2D eigenvalue weighted by Gasteiger charge is -2.04. The van der Waals surface area contributed by atoms with Crippen LogP contribution >= 0.6 is 11.8 Å². The Balaban J connectivity index is 1.18. The largest absolute Gasteiger partial charge is 0.416 e. The number of imidazole rings is 1. The minimum absolute atomic E-state index is 0.121. The molecule has 0 saturated heterocycles. The van der Waals surface area contributed by atoms with Crippen molar-refractivity contribution in [2.24, 2.45) is 0 Å². The number of amides is 1. The molecule has 2 N–H and O–H groups in total. The van der Waals surface area contributed by atoms with Gasteiger partial charge in [0.05, 0.1) is 16.8 Å². The number of halogens is 1. The number of benzene rings is 2. The smallest absolute Gasteiger partial charge is 0.277 e. The van der Waals surface area contributed by atoms with Crippen LogP contribution in [0.2, 0.25) is 0 Å². The van der Waals surface area contributed by atoms with Crippen LogP contribution in [0.1, 0.15) is 17.3 Å². The summed E-state index contributed by atoms with van der Waals surface area (Å²) in [5.41, 5.74) is 2.90. The quantitative estimate of drug-likeness (QED) is 0.399. The Morgan fingerprint density at radius 1 is 1.07 bits per heavy atom. The van der Waals surface area contributed by atoms with E-state index in [0.29, 0.717) is 36.9 Å². The van der Waals surface area contributed by atoms with Gasteiger partial charge < -0.3 is 14.7 Å². The van der Waals surface area contributed by atoms with Crippen molar-refractivity contribution in [2.75, 3.05) is 12.3 Å². The molecular weight excluding hydrogens is 405 g/mol. The van der Waals surface area contributed by atoms with E-state index in [1.807, 2.05) is 24.3 Å². The Morgan fingerprint density at radius 3 is 2.73 bits per heavy atom. The monoisotopic (exact) mass is 425 g/mol. The second-order valence-corrected chi connectivity index (χ2v) is 7.60. The van der Waals surface area contributed by atoms with E-state index < -0.39 is 0 Å². The number of para-hydroxylation sites is 2. The highest BCUT2D eigenvalue weighted by Crippen LogP contribution is 2.17. The molecule has 0 bridgehead atoms. The molecule has 30 heavy (non-hydrogen) atoms. The molecule has 4 rings (SSSR count). The zero-order valence-corrected chi connectivity index (χ0v) is 16.9. The second kappa shape index (κ2) is 9.53. The van der Waals surface area contributed by atoms with Gasteiger partial charge in [0.1, 0.15) is 11.6 Å². The van der Waals surface area contributed by atoms with Crippen molar-refractivity contribution in [3.63, 3.8) is 0 Å². The van der Waals surface area contributed by atoms with Gasteiger partial charge in [-0.05, 0) is 36.2 Å². The van der Waals surface area contributed by atoms with E-state index in [-0.39, 0.29) is 17.5 Å². The van der Waals surface area contributed by atoms with Crippen LogP contribution in [0.15, 0.2) is 58.2 Å². The molecular formula is C21H20FN5O2S. The summed E-state index contributed by atoms with van der Waals surface area (Å²) < 4.78 is 18.5. The first-order valence-electron chi connectivity index (χ1n) is 9.56. The van der Waals surface area contributed by atoms with Crippen molar-refractivity contribution in [1.82, 2.24) is 25.5 Å².